The Morgan fingerprint density at radius 3 is 2.65 bits per heavy atom. The zero-order chi connectivity index (χ0) is 15.2. The van der Waals surface area contributed by atoms with E-state index in [0.29, 0.717) is 13.0 Å². The van der Waals surface area contributed by atoms with Gasteiger partial charge in [-0.05, 0) is 33.2 Å². The molecule has 0 amide bonds. The van der Waals surface area contributed by atoms with Gasteiger partial charge in [-0.25, -0.2) is 0 Å². The van der Waals surface area contributed by atoms with Gasteiger partial charge in [-0.1, -0.05) is 25.1 Å². The maximum absolute atomic E-state index is 11.3. The summed E-state index contributed by atoms with van der Waals surface area (Å²) in [6.07, 6.45) is 2.47. The van der Waals surface area contributed by atoms with Crippen LogP contribution in [0.4, 0.5) is 0 Å². The largest absolute Gasteiger partial charge is 0.480 e. The van der Waals surface area contributed by atoms with Gasteiger partial charge < -0.3 is 15.0 Å². The first kappa shape index (κ1) is 17.0. The third-order valence-corrected chi connectivity index (χ3v) is 4.50. The summed E-state index contributed by atoms with van der Waals surface area (Å²) in [4.78, 5) is 11.3. The Morgan fingerprint density at radius 1 is 1.45 bits per heavy atom. The van der Waals surface area contributed by atoms with Crippen molar-refractivity contribution in [3.05, 3.63) is 5.82 Å². The van der Waals surface area contributed by atoms with Gasteiger partial charge in [0.1, 0.15) is 11.4 Å². The predicted octanol–water partition coefficient (Wildman–Crippen LogP) is 1.84. The molecule has 6 nitrogen and oxygen atoms in total. The van der Waals surface area contributed by atoms with E-state index in [-0.39, 0.29) is 0 Å². The molecule has 1 unspecified atom stereocenters. The molecule has 2 N–H and O–H groups in total. The van der Waals surface area contributed by atoms with Crippen molar-refractivity contribution in [2.75, 3.05) is 12.3 Å². The first-order valence-corrected chi connectivity index (χ1v) is 7.86. The normalized spacial score (nSPS) is 14.2. The lowest BCUT2D eigenvalue weighted by molar-refractivity contribution is -0.144. The maximum Gasteiger partial charge on any atom is 0.323 e. The van der Waals surface area contributed by atoms with E-state index in [4.69, 9.17) is 0 Å². The molecule has 20 heavy (non-hydrogen) atoms. The van der Waals surface area contributed by atoms with Crippen molar-refractivity contribution in [3.63, 3.8) is 0 Å². The number of aromatic nitrogens is 3. The van der Waals surface area contributed by atoms with E-state index in [0.717, 1.165) is 29.6 Å². The second kappa shape index (κ2) is 7.64. The fourth-order valence-corrected chi connectivity index (χ4v) is 2.87. The number of unbranched alkanes of at least 4 members (excludes halogenated alkanes) is 1. The average Bonchev–Trinajstić information content (AvgIpc) is 2.70. The molecule has 0 aliphatic carbocycles. The van der Waals surface area contributed by atoms with E-state index in [1.807, 2.05) is 25.5 Å². The molecule has 1 atom stereocenters. The van der Waals surface area contributed by atoms with Gasteiger partial charge in [0.05, 0.1) is 0 Å². The summed E-state index contributed by atoms with van der Waals surface area (Å²) < 4.78 is 1.96. The third kappa shape index (κ3) is 4.49. The standard InChI is InChI=1S/C13H24N4O2S/c1-5-14-13(3,11(18)19)8-6-7-9-20-12-16-15-10(2)17(12)4/h14H,5-9H2,1-4H3,(H,18,19). The Labute approximate surface area is 124 Å². The Bertz CT molecular complexity index is 450. The topological polar surface area (TPSA) is 80.0 Å². The Morgan fingerprint density at radius 2 is 2.15 bits per heavy atom. The zero-order valence-electron chi connectivity index (χ0n) is 12.6. The summed E-state index contributed by atoms with van der Waals surface area (Å²) >= 11 is 1.66. The number of hydrogen-bond acceptors (Lipinski definition) is 5. The summed E-state index contributed by atoms with van der Waals surface area (Å²) in [5.41, 5.74) is -0.819. The molecule has 0 aliphatic rings. The highest BCUT2D eigenvalue weighted by atomic mass is 32.2. The second-order valence-corrected chi connectivity index (χ2v) is 6.12. The molecule has 0 radical (unpaired) electrons. The number of rotatable bonds is 9. The Hall–Kier alpha value is -1.08. The highest BCUT2D eigenvalue weighted by Gasteiger charge is 2.30. The number of thioether (sulfide) groups is 1. The summed E-state index contributed by atoms with van der Waals surface area (Å²) in [5, 5.41) is 21.3. The van der Waals surface area contributed by atoms with Crippen molar-refractivity contribution < 1.29 is 9.90 Å². The first-order valence-electron chi connectivity index (χ1n) is 6.88. The second-order valence-electron chi connectivity index (χ2n) is 5.06. The number of aryl methyl sites for hydroxylation is 1. The molecule has 1 rings (SSSR count). The number of aliphatic carboxylic acids is 1. The lowest BCUT2D eigenvalue weighted by Gasteiger charge is -2.25. The van der Waals surface area contributed by atoms with Crippen LogP contribution in [0.5, 0.6) is 0 Å². The van der Waals surface area contributed by atoms with Crippen LogP contribution in [0.3, 0.4) is 0 Å². The van der Waals surface area contributed by atoms with Crippen LogP contribution in [-0.4, -0.2) is 43.7 Å². The van der Waals surface area contributed by atoms with Crippen LogP contribution in [0.25, 0.3) is 0 Å². The monoisotopic (exact) mass is 300 g/mol. The Kier molecular flexibility index (Phi) is 6.48. The highest BCUT2D eigenvalue weighted by molar-refractivity contribution is 7.99. The predicted molar refractivity (Wildman–Crippen MR) is 80.0 cm³/mol. The van der Waals surface area contributed by atoms with Crippen molar-refractivity contribution in [1.29, 1.82) is 0 Å². The fraction of sp³-hybridized carbons (Fsp3) is 0.769. The minimum absolute atomic E-state index is 0.634. The summed E-state index contributed by atoms with van der Waals surface area (Å²) in [6.45, 7) is 6.26. The van der Waals surface area contributed by atoms with Crippen LogP contribution in [0.2, 0.25) is 0 Å². The number of hydrogen-bond donors (Lipinski definition) is 2. The van der Waals surface area contributed by atoms with Crippen LogP contribution in [0, 0.1) is 6.92 Å². The van der Waals surface area contributed by atoms with Crippen molar-refractivity contribution in [2.24, 2.45) is 7.05 Å². The molecule has 1 heterocycles. The van der Waals surface area contributed by atoms with Crippen LogP contribution < -0.4 is 5.32 Å². The van der Waals surface area contributed by atoms with E-state index in [2.05, 4.69) is 15.5 Å². The lowest BCUT2D eigenvalue weighted by atomic mass is 9.95. The minimum atomic E-state index is -0.819. The van der Waals surface area contributed by atoms with Crippen molar-refractivity contribution in [1.82, 2.24) is 20.1 Å². The van der Waals surface area contributed by atoms with Crippen LogP contribution in [0.15, 0.2) is 5.16 Å². The minimum Gasteiger partial charge on any atom is -0.480 e. The molecule has 114 valence electrons. The first-order chi connectivity index (χ1) is 9.40. The van der Waals surface area contributed by atoms with E-state index < -0.39 is 11.5 Å². The van der Waals surface area contributed by atoms with Gasteiger partial charge >= 0.3 is 5.97 Å². The molecule has 1 aromatic rings. The number of carboxylic acid groups (broad SMARTS) is 1. The molecule has 0 fully saturated rings. The van der Waals surface area contributed by atoms with Crippen molar-refractivity contribution in [3.8, 4) is 0 Å². The highest BCUT2D eigenvalue weighted by Crippen LogP contribution is 2.20. The quantitative estimate of drug-likeness (QED) is 0.535. The summed E-state index contributed by atoms with van der Waals surface area (Å²) in [6, 6.07) is 0. The number of carbonyl (C=O) groups is 1. The van der Waals surface area contributed by atoms with E-state index in [1.54, 1.807) is 18.7 Å². The Balaban J connectivity index is 2.31. The lowest BCUT2D eigenvalue weighted by Crippen LogP contribution is -2.49. The fourth-order valence-electron chi connectivity index (χ4n) is 1.92. The van der Waals surface area contributed by atoms with Crippen LogP contribution in [-0.2, 0) is 11.8 Å². The van der Waals surface area contributed by atoms with E-state index >= 15 is 0 Å². The van der Waals surface area contributed by atoms with Gasteiger partial charge in [0.15, 0.2) is 5.16 Å². The molecule has 0 bridgehead atoms. The molecule has 0 saturated carbocycles. The van der Waals surface area contributed by atoms with E-state index in [9.17, 15) is 9.90 Å². The molecule has 0 aliphatic heterocycles. The third-order valence-electron chi connectivity index (χ3n) is 3.39. The van der Waals surface area contributed by atoms with Gasteiger partial charge in [0.25, 0.3) is 0 Å². The van der Waals surface area contributed by atoms with Gasteiger partial charge in [-0.15, -0.1) is 10.2 Å². The zero-order valence-corrected chi connectivity index (χ0v) is 13.5. The average molecular weight is 300 g/mol. The van der Waals surface area contributed by atoms with Crippen molar-refractivity contribution in [2.45, 2.75) is 50.7 Å². The molecular weight excluding hydrogens is 276 g/mol. The molecular formula is C13H24N4O2S. The number of likely N-dealkylation sites (N-methyl/N-ethyl adjacent to an activating group) is 1. The molecule has 1 aromatic heterocycles. The SMILES string of the molecule is CCNC(C)(CCCCSc1nnc(C)n1C)C(=O)O. The van der Waals surface area contributed by atoms with Crippen molar-refractivity contribution >= 4 is 17.7 Å². The molecule has 7 heteroatoms. The summed E-state index contributed by atoms with van der Waals surface area (Å²) in [5.74, 6) is 1.04. The molecule has 0 aromatic carbocycles. The van der Waals surface area contributed by atoms with Gasteiger partial charge in [-0.2, -0.15) is 0 Å². The number of carboxylic acids is 1. The van der Waals surface area contributed by atoms with Gasteiger partial charge in [0, 0.05) is 12.8 Å². The maximum atomic E-state index is 11.3. The van der Waals surface area contributed by atoms with Crippen LogP contribution in [0.1, 0.15) is 38.9 Å². The number of nitrogens with zero attached hydrogens (tertiary/aromatic N) is 3. The van der Waals surface area contributed by atoms with Gasteiger partial charge in [-0.3, -0.25) is 4.79 Å². The van der Waals surface area contributed by atoms with E-state index in [1.165, 1.54) is 0 Å². The molecule has 0 saturated heterocycles. The molecule has 0 spiro atoms. The van der Waals surface area contributed by atoms with Crippen LogP contribution >= 0.6 is 11.8 Å². The smallest absolute Gasteiger partial charge is 0.323 e. The summed E-state index contributed by atoms with van der Waals surface area (Å²) in [7, 11) is 1.95. The number of nitrogens with one attached hydrogen (secondary N) is 1. The van der Waals surface area contributed by atoms with Gasteiger partial charge in [0.2, 0.25) is 0 Å².